The maximum absolute atomic E-state index is 13.6. The van der Waals surface area contributed by atoms with Crippen LogP contribution in [0.4, 0.5) is 0 Å². The van der Waals surface area contributed by atoms with Gasteiger partial charge in [-0.2, -0.15) is 0 Å². The maximum atomic E-state index is 13.6. The molecule has 3 aromatic rings. The topological polar surface area (TPSA) is 66.4 Å². The van der Waals surface area contributed by atoms with Crippen molar-refractivity contribution in [3.8, 4) is 0 Å². The Hall–Kier alpha value is -2.44. The molecule has 0 aromatic heterocycles. The summed E-state index contributed by atoms with van der Waals surface area (Å²) in [5.41, 5.74) is 4.56. The fraction of sp³-hybridized carbons (Fsp3) is 0.200. The number of fused-ring (bicyclic) bond motifs is 1. The van der Waals surface area contributed by atoms with E-state index in [0.717, 1.165) is 27.8 Å². The lowest BCUT2D eigenvalue weighted by Crippen LogP contribution is -2.61. The number of carbonyl (C=O) groups is 2. The molecule has 2 N–H and O–H groups in total. The van der Waals surface area contributed by atoms with Gasteiger partial charge in [0.2, 0.25) is 5.91 Å². The van der Waals surface area contributed by atoms with Gasteiger partial charge in [-0.05, 0) is 27.8 Å². The molecule has 0 radical (unpaired) electrons. The van der Waals surface area contributed by atoms with Crippen LogP contribution in [0.5, 0.6) is 0 Å². The van der Waals surface area contributed by atoms with E-state index in [-0.39, 0.29) is 5.91 Å². The summed E-state index contributed by atoms with van der Waals surface area (Å²) in [6, 6.07) is 25.1. The Morgan fingerprint density at radius 3 is 1.61 bits per heavy atom. The molecule has 31 heavy (non-hydrogen) atoms. The second-order valence-electron chi connectivity index (χ2n) is 8.01. The van der Waals surface area contributed by atoms with E-state index in [1.54, 1.807) is 0 Å². The second-order valence-corrected chi connectivity index (χ2v) is 10.5. The summed E-state index contributed by atoms with van der Waals surface area (Å²) in [6.07, 6.45) is 0. The Bertz CT molecular complexity index is 1150. The SMILES string of the molecule is O=C(NCc1ccccc1)[C@@H]1[C@H](C(=O)O)C2(Br)c3ccccc3C1(Br)c1ccccc12. The quantitative estimate of drug-likeness (QED) is 0.461. The highest BCUT2D eigenvalue weighted by molar-refractivity contribution is 9.10. The lowest BCUT2D eigenvalue weighted by atomic mass is 9.53. The average Bonchev–Trinajstić information content (AvgIpc) is 2.79. The van der Waals surface area contributed by atoms with E-state index in [4.69, 9.17) is 0 Å². The molecule has 6 heteroatoms. The van der Waals surface area contributed by atoms with E-state index < -0.39 is 26.5 Å². The standard InChI is InChI=1S/C25H19Br2NO3/c26-24-16-10-4-6-12-18(16)25(27,19-13-7-5-11-17(19)24)21(23(30)31)20(24)22(29)28-14-15-8-2-1-3-9-15/h1-13,20-21H,14H2,(H,28,29)(H,30,31)/t20-,21+,24?,25?/m0/s1. The number of carboxylic acid groups (broad SMARTS) is 1. The van der Waals surface area contributed by atoms with Crippen molar-refractivity contribution in [3.05, 3.63) is 107 Å². The monoisotopic (exact) mass is 539 g/mol. The Balaban J connectivity index is 1.69. The summed E-state index contributed by atoms with van der Waals surface area (Å²) >= 11 is 7.76. The molecule has 3 aliphatic carbocycles. The maximum Gasteiger partial charge on any atom is 0.309 e. The molecule has 2 bridgehead atoms. The Morgan fingerprint density at radius 2 is 1.16 bits per heavy atom. The number of nitrogens with one attached hydrogen (secondary N) is 1. The van der Waals surface area contributed by atoms with Crippen LogP contribution in [0.2, 0.25) is 0 Å². The van der Waals surface area contributed by atoms with E-state index in [1.165, 1.54) is 0 Å². The summed E-state index contributed by atoms with van der Waals surface area (Å²) in [5, 5.41) is 13.4. The third kappa shape index (κ3) is 2.77. The van der Waals surface area contributed by atoms with Crippen molar-refractivity contribution in [1.29, 1.82) is 0 Å². The molecule has 156 valence electrons. The summed E-state index contributed by atoms with van der Waals surface area (Å²) in [4.78, 5) is 26.3. The minimum absolute atomic E-state index is 0.291. The van der Waals surface area contributed by atoms with Crippen LogP contribution in [0.15, 0.2) is 78.9 Å². The summed E-state index contributed by atoms with van der Waals surface area (Å²) in [7, 11) is 0. The first-order valence-electron chi connectivity index (χ1n) is 10.0. The molecule has 3 aliphatic rings. The van der Waals surface area contributed by atoms with E-state index in [0.29, 0.717) is 6.54 Å². The zero-order valence-electron chi connectivity index (χ0n) is 16.4. The smallest absolute Gasteiger partial charge is 0.309 e. The highest BCUT2D eigenvalue weighted by atomic mass is 79.9. The minimum Gasteiger partial charge on any atom is -0.481 e. The molecule has 3 aromatic carbocycles. The average molecular weight is 541 g/mol. The number of hydrogen-bond donors (Lipinski definition) is 2. The normalized spacial score (nSPS) is 27.8. The number of rotatable bonds is 4. The van der Waals surface area contributed by atoms with Gasteiger partial charge in [0.25, 0.3) is 0 Å². The van der Waals surface area contributed by atoms with Gasteiger partial charge in [-0.1, -0.05) is 111 Å². The van der Waals surface area contributed by atoms with Gasteiger partial charge >= 0.3 is 5.97 Å². The zero-order chi connectivity index (χ0) is 21.8. The largest absolute Gasteiger partial charge is 0.481 e. The molecule has 0 aliphatic heterocycles. The fourth-order valence-electron chi connectivity index (χ4n) is 5.19. The molecule has 4 nitrogen and oxygen atoms in total. The van der Waals surface area contributed by atoms with Crippen LogP contribution in [-0.2, 0) is 24.8 Å². The van der Waals surface area contributed by atoms with E-state index in [1.807, 2.05) is 78.9 Å². The number of benzene rings is 3. The highest BCUT2D eigenvalue weighted by Gasteiger charge is 2.68. The highest BCUT2D eigenvalue weighted by Crippen LogP contribution is 2.68. The van der Waals surface area contributed by atoms with Crippen LogP contribution in [0.25, 0.3) is 0 Å². The van der Waals surface area contributed by atoms with Gasteiger partial charge in [-0.25, -0.2) is 0 Å². The van der Waals surface area contributed by atoms with Gasteiger partial charge in [-0.15, -0.1) is 0 Å². The van der Waals surface area contributed by atoms with E-state index >= 15 is 0 Å². The molecule has 0 saturated heterocycles. The molecule has 6 rings (SSSR count). The van der Waals surface area contributed by atoms with Crippen molar-refractivity contribution in [2.45, 2.75) is 15.2 Å². The first-order valence-corrected chi connectivity index (χ1v) is 11.6. The van der Waals surface area contributed by atoms with Gasteiger partial charge in [0, 0.05) is 6.54 Å². The second kappa shape index (κ2) is 7.31. The van der Waals surface area contributed by atoms with E-state index in [9.17, 15) is 14.7 Å². The number of carboxylic acids is 1. The molecular formula is C25H19Br2NO3. The minimum atomic E-state index is -1.01. The molecule has 0 spiro atoms. The predicted octanol–water partition coefficient (Wildman–Crippen LogP) is 4.92. The summed E-state index contributed by atoms with van der Waals surface area (Å²) < 4.78 is -1.95. The summed E-state index contributed by atoms with van der Waals surface area (Å²) in [6.45, 7) is 0.337. The van der Waals surface area contributed by atoms with Gasteiger partial charge in [0.05, 0.1) is 20.5 Å². The first-order chi connectivity index (χ1) is 14.9. The molecule has 0 saturated carbocycles. The van der Waals surface area contributed by atoms with Crippen LogP contribution in [0.3, 0.4) is 0 Å². The number of carbonyl (C=O) groups excluding carboxylic acids is 1. The van der Waals surface area contributed by atoms with Crippen molar-refractivity contribution in [1.82, 2.24) is 5.32 Å². The van der Waals surface area contributed by atoms with Gasteiger partial charge in [0.1, 0.15) is 0 Å². The molecular weight excluding hydrogens is 522 g/mol. The number of amides is 1. The van der Waals surface area contributed by atoms with Gasteiger partial charge in [-0.3, -0.25) is 9.59 Å². The third-order valence-corrected chi connectivity index (χ3v) is 9.17. The molecule has 0 fully saturated rings. The number of hydrogen-bond acceptors (Lipinski definition) is 2. The number of alkyl halides is 2. The third-order valence-electron chi connectivity index (χ3n) is 6.47. The van der Waals surface area contributed by atoms with Crippen LogP contribution in [0.1, 0.15) is 27.8 Å². The summed E-state index contributed by atoms with van der Waals surface area (Å²) in [5.74, 6) is -3.14. The van der Waals surface area contributed by atoms with Crippen LogP contribution < -0.4 is 5.32 Å². The Labute approximate surface area is 196 Å². The lowest BCUT2D eigenvalue weighted by molar-refractivity contribution is -0.150. The van der Waals surface area contributed by atoms with Crippen molar-refractivity contribution >= 4 is 43.7 Å². The van der Waals surface area contributed by atoms with E-state index in [2.05, 4.69) is 37.2 Å². The van der Waals surface area contributed by atoms with Gasteiger partial charge < -0.3 is 10.4 Å². The Morgan fingerprint density at radius 1 is 0.742 bits per heavy atom. The molecule has 1 amide bonds. The lowest BCUT2D eigenvalue weighted by Gasteiger charge is -2.57. The van der Waals surface area contributed by atoms with Crippen LogP contribution in [-0.4, -0.2) is 17.0 Å². The molecule has 0 unspecified atom stereocenters. The van der Waals surface area contributed by atoms with Gasteiger partial charge in [0.15, 0.2) is 0 Å². The Kier molecular flexibility index (Phi) is 4.83. The molecule has 0 heterocycles. The van der Waals surface area contributed by atoms with Crippen molar-refractivity contribution in [2.24, 2.45) is 11.8 Å². The fourth-order valence-corrected chi connectivity index (χ4v) is 7.51. The first kappa shape index (κ1) is 20.5. The number of halogens is 2. The van der Waals surface area contributed by atoms with Crippen molar-refractivity contribution < 1.29 is 14.7 Å². The van der Waals surface area contributed by atoms with Crippen molar-refractivity contribution in [3.63, 3.8) is 0 Å². The van der Waals surface area contributed by atoms with Crippen LogP contribution >= 0.6 is 31.9 Å². The zero-order valence-corrected chi connectivity index (χ0v) is 19.6. The predicted molar refractivity (Wildman–Crippen MR) is 125 cm³/mol. The van der Waals surface area contributed by atoms with Crippen LogP contribution in [0, 0.1) is 11.8 Å². The molecule has 2 atom stereocenters. The van der Waals surface area contributed by atoms with Crippen molar-refractivity contribution in [2.75, 3.05) is 0 Å². The number of aliphatic carboxylic acids is 1.